The summed E-state index contributed by atoms with van der Waals surface area (Å²) in [4.78, 5) is 13.2. The van der Waals surface area contributed by atoms with Crippen LogP contribution in [0.1, 0.15) is 11.6 Å². The lowest BCUT2D eigenvalue weighted by molar-refractivity contribution is -0.116. The van der Waals surface area contributed by atoms with Gasteiger partial charge >= 0.3 is 0 Å². The predicted octanol–water partition coefficient (Wildman–Crippen LogP) is 3.20. The Morgan fingerprint density at radius 3 is 2.71 bits per heavy atom. The van der Waals surface area contributed by atoms with Crippen LogP contribution >= 0.6 is 11.6 Å². The SMILES string of the molecule is CN(c1ccccc1F)c1cc2c(cc1Cl)C(N)C(=O)N2. The molecule has 108 valence electrons. The van der Waals surface area contributed by atoms with Crippen LogP contribution in [0.4, 0.5) is 21.5 Å². The summed E-state index contributed by atoms with van der Waals surface area (Å²) >= 11 is 6.26. The molecule has 6 heteroatoms. The number of halogens is 2. The van der Waals surface area contributed by atoms with Gasteiger partial charge in [0.1, 0.15) is 11.9 Å². The number of para-hydroxylation sites is 1. The third-order valence-corrected chi connectivity index (χ3v) is 3.87. The largest absolute Gasteiger partial charge is 0.341 e. The van der Waals surface area contributed by atoms with Crippen molar-refractivity contribution >= 4 is 34.6 Å². The molecule has 0 fully saturated rings. The fourth-order valence-corrected chi connectivity index (χ4v) is 2.70. The number of benzene rings is 2. The number of carbonyl (C=O) groups excluding carboxylic acids is 1. The summed E-state index contributed by atoms with van der Waals surface area (Å²) in [6.45, 7) is 0. The van der Waals surface area contributed by atoms with E-state index in [1.165, 1.54) is 6.07 Å². The molecule has 1 aliphatic rings. The second-order valence-electron chi connectivity index (χ2n) is 4.87. The minimum Gasteiger partial charge on any atom is -0.341 e. The molecule has 2 aromatic rings. The van der Waals surface area contributed by atoms with E-state index in [0.717, 1.165) is 0 Å². The minimum absolute atomic E-state index is 0.272. The maximum atomic E-state index is 13.9. The molecule has 0 aliphatic carbocycles. The first-order chi connectivity index (χ1) is 9.99. The zero-order valence-corrected chi connectivity index (χ0v) is 12.0. The van der Waals surface area contributed by atoms with Crippen molar-refractivity contribution in [3.63, 3.8) is 0 Å². The van der Waals surface area contributed by atoms with Crippen LogP contribution in [0.3, 0.4) is 0 Å². The Balaban J connectivity index is 2.07. The van der Waals surface area contributed by atoms with Crippen molar-refractivity contribution in [2.45, 2.75) is 6.04 Å². The molecule has 0 aromatic heterocycles. The first kappa shape index (κ1) is 13.9. The van der Waals surface area contributed by atoms with Crippen molar-refractivity contribution in [1.82, 2.24) is 0 Å². The van der Waals surface area contributed by atoms with Gasteiger partial charge in [-0.1, -0.05) is 23.7 Å². The average molecular weight is 306 g/mol. The van der Waals surface area contributed by atoms with E-state index in [-0.39, 0.29) is 11.7 Å². The zero-order chi connectivity index (χ0) is 15.1. The number of anilines is 3. The molecule has 1 aliphatic heterocycles. The quantitative estimate of drug-likeness (QED) is 0.896. The van der Waals surface area contributed by atoms with Crippen LogP contribution in [-0.2, 0) is 4.79 Å². The van der Waals surface area contributed by atoms with E-state index in [1.807, 2.05) is 0 Å². The maximum Gasteiger partial charge on any atom is 0.245 e. The first-order valence-electron chi connectivity index (χ1n) is 6.37. The molecule has 1 heterocycles. The lowest BCUT2D eigenvalue weighted by Crippen LogP contribution is -2.19. The fraction of sp³-hybridized carbons (Fsp3) is 0.133. The Bertz CT molecular complexity index is 735. The zero-order valence-electron chi connectivity index (χ0n) is 11.2. The van der Waals surface area contributed by atoms with Gasteiger partial charge < -0.3 is 16.0 Å². The lowest BCUT2D eigenvalue weighted by atomic mass is 10.1. The van der Waals surface area contributed by atoms with E-state index in [9.17, 15) is 9.18 Å². The molecule has 0 bridgehead atoms. The number of nitrogens with zero attached hydrogens (tertiary/aromatic N) is 1. The third-order valence-electron chi connectivity index (χ3n) is 3.57. The van der Waals surface area contributed by atoms with E-state index in [4.69, 9.17) is 17.3 Å². The summed E-state index contributed by atoms with van der Waals surface area (Å²) in [7, 11) is 1.71. The number of nitrogens with one attached hydrogen (secondary N) is 1. The standard InChI is InChI=1S/C15H13ClFN3O/c1-20(12-5-3-2-4-10(12)17)13-7-11-8(6-9(13)16)14(18)15(21)19-11/h2-7,14H,18H2,1H3,(H,19,21). The van der Waals surface area contributed by atoms with Crippen molar-refractivity contribution in [1.29, 1.82) is 0 Å². The average Bonchev–Trinajstić information content (AvgIpc) is 2.73. The van der Waals surface area contributed by atoms with Crippen LogP contribution in [0.15, 0.2) is 36.4 Å². The highest BCUT2D eigenvalue weighted by atomic mass is 35.5. The second-order valence-corrected chi connectivity index (χ2v) is 5.28. The normalized spacial score (nSPS) is 16.6. The molecule has 3 N–H and O–H groups in total. The van der Waals surface area contributed by atoms with E-state index in [2.05, 4.69) is 5.32 Å². The molecule has 0 spiro atoms. The van der Waals surface area contributed by atoms with Crippen molar-refractivity contribution in [2.24, 2.45) is 5.73 Å². The number of carbonyl (C=O) groups is 1. The fourth-order valence-electron chi connectivity index (χ4n) is 2.41. The van der Waals surface area contributed by atoms with E-state index in [0.29, 0.717) is 27.6 Å². The highest BCUT2D eigenvalue weighted by molar-refractivity contribution is 6.34. The summed E-state index contributed by atoms with van der Waals surface area (Å²) < 4.78 is 13.9. The number of rotatable bonds is 2. The van der Waals surface area contributed by atoms with Gasteiger partial charge in [0.05, 0.1) is 16.4 Å². The van der Waals surface area contributed by atoms with Gasteiger partial charge in [0, 0.05) is 18.3 Å². The van der Waals surface area contributed by atoms with Crippen LogP contribution in [0.5, 0.6) is 0 Å². The topological polar surface area (TPSA) is 58.4 Å². The molecule has 2 aromatic carbocycles. The van der Waals surface area contributed by atoms with Crippen molar-refractivity contribution < 1.29 is 9.18 Å². The lowest BCUT2D eigenvalue weighted by Gasteiger charge is -2.22. The van der Waals surface area contributed by atoms with Gasteiger partial charge in [-0.25, -0.2) is 4.39 Å². The molecule has 0 radical (unpaired) electrons. The maximum absolute atomic E-state index is 13.9. The van der Waals surface area contributed by atoms with E-state index in [1.54, 1.807) is 42.3 Å². The van der Waals surface area contributed by atoms with Crippen LogP contribution in [0.25, 0.3) is 0 Å². The molecule has 1 amide bonds. The summed E-state index contributed by atoms with van der Waals surface area (Å²) in [6, 6.07) is 9.03. The first-order valence-corrected chi connectivity index (χ1v) is 6.75. The molecular weight excluding hydrogens is 293 g/mol. The van der Waals surface area contributed by atoms with Gasteiger partial charge in [0.25, 0.3) is 0 Å². The van der Waals surface area contributed by atoms with Crippen LogP contribution in [-0.4, -0.2) is 13.0 Å². The second kappa shape index (κ2) is 5.02. The van der Waals surface area contributed by atoms with E-state index < -0.39 is 6.04 Å². The summed E-state index contributed by atoms with van der Waals surface area (Å²) in [5, 5.41) is 3.10. The number of amides is 1. The van der Waals surface area contributed by atoms with Crippen molar-refractivity contribution in [2.75, 3.05) is 17.3 Å². The Morgan fingerprint density at radius 1 is 1.29 bits per heavy atom. The van der Waals surface area contributed by atoms with Crippen molar-refractivity contribution in [3.05, 3.63) is 52.8 Å². The molecule has 3 rings (SSSR count). The van der Waals surface area contributed by atoms with Crippen LogP contribution in [0, 0.1) is 5.82 Å². The molecule has 21 heavy (non-hydrogen) atoms. The highest BCUT2D eigenvalue weighted by Gasteiger charge is 2.29. The van der Waals surface area contributed by atoms with Crippen LogP contribution in [0.2, 0.25) is 5.02 Å². The number of nitrogens with two attached hydrogens (primary N) is 1. The Morgan fingerprint density at radius 2 is 2.00 bits per heavy atom. The minimum atomic E-state index is -0.717. The van der Waals surface area contributed by atoms with Gasteiger partial charge in [0.15, 0.2) is 0 Å². The molecule has 4 nitrogen and oxygen atoms in total. The summed E-state index contributed by atoms with van der Waals surface area (Å²) in [6.07, 6.45) is 0. The highest BCUT2D eigenvalue weighted by Crippen LogP contribution is 2.40. The molecule has 0 saturated carbocycles. The molecular formula is C15H13ClFN3O. The number of hydrogen-bond acceptors (Lipinski definition) is 3. The Hall–Kier alpha value is -2.11. The Labute approximate surface area is 126 Å². The van der Waals surface area contributed by atoms with Gasteiger partial charge in [-0.05, 0) is 24.3 Å². The van der Waals surface area contributed by atoms with Gasteiger partial charge in [-0.3, -0.25) is 4.79 Å². The third kappa shape index (κ3) is 2.24. The van der Waals surface area contributed by atoms with E-state index >= 15 is 0 Å². The predicted molar refractivity (Wildman–Crippen MR) is 81.5 cm³/mol. The monoisotopic (exact) mass is 305 g/mol. The van der Waals surface area contributed by atoms with Gasteiger partial charge in [0.2, 0.25) is 5.91 Å². The van der Waals surface area contributed by atoms with Gasteiger partial charge in [-0.15, -0.1) is 0 Å². The van der Waals surface area contributed by atoms with Crippen LogP contribution < -0.4 is 16.0 Å². The number of fused-ring (bicyclic) bond motifs is 1. The van der Waals surface area contributed by atoms with Gasteiger partial charge in [-0.2, -0.15) is 0 Å². The smallest absolute Gasteiger partial charge is 0.245 e. The number of hydrogen-bond donors (Lipinski definition) is 2. The summed E-state index contributed by atoms with van der Waals surface area (Å²) in [5.41, 5.74) is 8.02. The van der Waals surface area contributed by atoms with Crippen molar-refractivity contribution in [3.8, 4) is 0 Å². The molecule has 1 atom stereocenters. The Kier molecular flexibility index (Phi) is 3.31. The summed E-state index contributed by atoms with van der Waals surface area (Å²) in [5.74, 6) is -0.621. The molecule has 0 saturated heterocycles. The molecule has 1 unspecified atom stereocenters.